The van der Waals surface area contributed by atoms with Crippen LogP contribution in [0.5, 0.6) is 5.75 Å². The Morgan fingerprint density at radius 3 is 2.70 bits per heavy atom. The summed E-state index contributed by atoms with van der Waals surface area (Å²) in [6.45, 7) is 0. The molecule has 20 heavy (non-hydrogen) atoms. The number of amides is 1. The zero-order valence-corrected chi connectivity index (χ0v) is 14.2. The van der Waals surface area contributed by atoms with Gasteiger partial charge in [0.05, 0.1) is 37.6 Å². The van der Waals surface area contributed by atoms with E-state index in [2.05, 4.69) is 37.2 Å². The number of ether oxygens (including phenoxy) is 1. The predicted molar refractivity (Wildman–Crippen MR) is 85.4 cm³/mol. The first-order chi connectivity index (χ1) is 9.55. The van der Waals surface area contributed by atoms with Crippen LogP contribution in [0, 0.1) is 11.3 Å². The van der Waals surface area contributed by atoms with Gasteiger partial charge in [-0.05, 0) is 50.1 Å². The molecule has 4 nitrogen and oxygen atoms in total. The number of carbonyl (C=O) groups is 1. The van der Waals surface area contributed by atoms with Gasteiger partial charge in [0.15, 0.2) is 0 Å². The van der Waals surface area contributed by atoms with E-state index < -0.39 is 0 Å². The lowest BCUT2D eigenvalue weighted by atomic mass is 10.2. The molecule has 0 spiro atoms. The summed E-state index contributed by atoms with van der Waals surface area (Å²) in [4.78, 5) is 12.2. The second-order valence-electron chi connectivity index (χ2n) is 3.72. The number of rotatable bonds is 3. The Hall–Kier alpha value is -1.36. The zero-order chi connectivity index (χ0) is 14.7. The number of nitrogens with zero attached hydrogens (tertiary/aromatic N) is 1. The molecule has 0 atom stereocenters. The molecule has 0 saturated heterocycles. The minimum absolute atomic E-state index is 0.248. The van der Waals surface area contributed by atoms with Crippen LogP contribution in [0.25, 0.3) is 0 Å². The smallest absolute Gasteiger partial charge is 0.257 e. The summed E-state index contributed by atoms with van der Waals surface area (Å²) in [6.07, 6.45) is 0. The van der Waals surface area contributed by atoms with E-state index in [0.29, 0.717) is 22.6 Å². The van der Waals surface area contributed by atoms with E-state index in [9.17, 15) is 4.79 Å². The normalized spacial score (nSPS) is 9.90. The van der Waals surface area contributed by atoms with Crippen molar-refractivity contribution in [1.82, 2.24) is 0 Å². The van der Waals surface area contributed by atoms with Crippen LogP contribution in [-0.4, -0.2) is 13.0 Å². The molecule has 0 aliphatic carbocycles. The monoisotopic (exact) mass is 414 g/mol. The van der Waals surface area contributed by atoms with Crippen LogP contribution < -0.4 is 10.1 Å². The number of halogens is 2. The van der Waals surface area contributed by atoms with Gasteiger partial charge >= 0.3 is 0 Å². The first kappa shape index (κ1) is 15.0. The van der Waals surface area contributed by atoms with Gasteiger partial charge in [-0.15, -0.1) is 11.3 Å². The van der Waals surface area contributed by atoms with E-state index in [1.165, 1.54) is 18.4 Å². The largest absolute Gasteiger partial charge is 0.495 e. The highest BCUT2D eigenvalue weighted by Crippen LogP contribution is 2.33. The van der Waals surface area contributed by atoms with Crippen molar-refractivity contribution in [2.75, 3.05) is 12.4 Å². The van der Waals surface area contributed by atoms with E-state index in [1.807, 2.05) is 6.07 Å². The van der Waals surface area contributed by atoms with Crippen LogP contribution in [0.1, 0.15) is 15.9 Å². The van der Waals surface area contributed by atoms with E-state index >= 15 is 0 Å². The molecule has 1 aromatic carbocycles. The maximum Gasteiger partial charge on any atom is 0.257 e. The third-order valence-electron chi connectivity index (χ3n) is 2.48. The van der Waals surface area contributed by atoms with Gasteiger partial charge < -0.3 is 10.1 Å². The van der Waals surface area contributed by atoms with Crippen LogP contribution in [0.15, 0.2) is 31.8 Å². The van der Waals surface area contributed by atoms with Crippen molar-refractivity contribution in [2.24, 2.45) is 0 Å². The molecule has 0 saturated carbocycles. The lowest BCUT2D eigenvalue weighted by Crippen LogP contribution is -2.12. The molecule has 0 radical (unpaired) electrons. The van der Waals surface area contributed by atoms with Gasteiger partial charge in [-0.2, -0.15) is 5.26 Å². The molecule has 0 fully saturated rings. The van der Waals surface area contributed by atoms with Gasteiger partial charge in [-0.25, -0.2) is 0 Å². The highest BCUT2D eigenvalue weighted by Gasteiger charge is 2.15. The summed E-state index contributed by atoms with van der Waals surface area (Å²) < 4.78 is 6.78. The predicted octanol–water partition coefficient (Wildman–Crippen LogP) is 4.41. The molecule has 1 aromatic heterocycles. The van der Waals surface area contributed by atoms with Crippen molar-refractivity contribution in [1.29, 1.82) is 5.26 Å². The topological polar surface area (TPSA) is 62.1 Å². The van der Waals surface area contributed by atoms with Gasteiger partial charge in [0.2, 0.25) is 0 Å². The number of carbonyl (C=O) groups excluding carboxylic acids is 1. The number of nitrogens with one attached hydrogen (secondary N) is 1. The number of anilines is 1. The number of hydrogen-bond acceptors (Lipinski definition) is 4. The Balaban J connectivity index is 2.28. The van der Waals surface area contributed by atoms with Crippen molar-refractivity contribution in [3.8, 4) is 11.8 Å². The quantitative estimate of drug-likeness (QED) is 0.807. The van der Waals surface area contributed by atoms with Gasteiger partial charge in [-0.3, -0.25) is 4.79 Å². The molecular formula is C13H8Br2N2O2S. The molecule has 0 unspecified atom stereocenters. The molecule has 0 bridgehead atoms. The molecule has 7 heteroatoms. The van der Waals surface area contributed by atoms with Crippen molar-refractivity contribution < 1.29 is 9.53 Å². The highest BCUT2D eigenvalue weighted by molar-refractivity contribution is 9.12. The Kier molecular flexibility index (Phi) is 4.81. The molecule has 102 valence electrons. The van der Waals surface area contributed by atoms with Crippen LogP contribution in [0.2, 0.25) is 0 Å². The summed E-state index contributed by atoms with van der Waals surface area (Å²) in [6, 6.07) is 8.60. The average molecular weight is 416 g/mol. The first-order valence-electron chi connectivity index (χ1n) is 5.39. The SMILES string of the molecule is COc1cc(C#N)ccc1NC(=O)c1cc(Br)sc1Br. The second kappa shape index (κ2) is 6.39. The summed E-state index contributed by atoms with van der Waals surface area (Å²) >= 11 is 8.10. The number of benzene rings is 1. The fourth-order valence-corrected chi connectivity index (χ4v) is 4.34. The Labute approximate surface area is 136 Å². The first-order valence-corrected chi connectivity index (χ1v) is 7.79. The second-order valence-corrected chi connectivity index (χ2v) is 7.47. The van der Waals surface area contributed by atoms with Crippen LogP contribution in [-0.2, 0) is 0 Å². The maximum atomic E-state index is 12.2. The average Bonchev–Trinajstić information content (AvgIpc) is 2.78. The standard InChI is InChI=1S/C13H8Br2N2O2S/c1-19-10-4-7(6-16)2-3-9(10)17-13(18)8-5-11(14)20-12(8)15/h2-5H,1H3,(H,17,18). The van der Waals surface area contributed by atoms with Crippen LogP contribution in [0.4, 0.5) is 5.69 Å². The molecule has 2 aromatic rings. The summed E-state index contributed by atoms with van der Waals surface area (Å²) in [5, 5.41) is 11.6. The Morgan fingerprint density at radius 2 is 2.15 bits per heavy atom. The van der Waals surface area contributed by atoms with E-state index in [-0.39, 0.29) is 5.91 Å². The molecular weight excluding hydrogens is 408 g/mol. The van der Waals surface area contributed by atoms with Gasteiger partial charge in [-0.1, -0.05) is 0 Å². The lowest BCUT2D eigenvalue weighted by Gasteiger charge is -2.10. The van der Waals surface area contributed by atoms with Crippen molar-refractivity contribution in [3.05, 3.63) is 43.0 Å². The Bertz CT molecular complexity index is 707. The summed E-state index contributed by atoms with van der Waals surface area (Å²) in [5.41, 5.74) is 1.53. The highest BCUT2D eigenvalue weighted by atomic mass is 79.9. The third-order valence-corrected chi connectivity index (χ3v) is 4.82. The van der Waals surface area contributed by atoms with Crippen molar-refractivity contribution in [3.63, 3.8) is 0 Å². The third kappa shape index (κ3) is 3.20. The fourth-order valence-electron chi connectivity index (χ4n) is 1.55. The molecule has 1 N–H and O–H groups in total. The summed E-state index contributed by atoms with van der Waals surface area (Å²) in [7, 11) is 1.49. The maximum absolute atomic E-state index is 12.2. The van der Waals surface area contributed by atoms with E-state index in [4.69, 9.17) is 10.00 Å². The van der Waals surface area contributed by atoms with Gasteiger partial charge in [0, 0.05) is 6.07 Å². The van der Waals surface area contributed by atoms with Crippen molar-refractivity contribution in [2.45, 2.75) is 0 Å². The number of methoxy groups -OCH3 is 1. The molecule has 2 rings (SSSR count). The van der Waals surface area contributed by atoms with Crippen molar-refractivity contribution >= 4 is 54.8 Å². The lowest BCUT2D eigenvalue weighted by molar-refractivity contribution is 0.102. The van der Waals surface area contributed by atoms with E-state index in [0.717, 1.165) is 7.57 Å². The summed E-state index contributed by atoms with van der Waals surface area (Å²) in [5.74, 6) is 0.199. The number of nitriles is 1. The molecule has 0 aliphatic heterocycles. The van der Waals surface area contributed by atoms with E-state index in [1.54, 1.807) is 24.3 Å². The van der Waals surface area contributed by atoms with Crippen LogP contribution in [0.3, 0.4) is 0 Å². The minimum atomic E-state index is -0.248. The Morgan fingerprint density at radius 1 is 1.40 bits per heavy atom. The molecule has 1 heterocycles. The number of thiophene rings is 1. The molecule has 0 aliphatic rings. The molecule has 1 amide bonds. The van der Waals surface area contributed by atoms with Gasteiger partial charge in [0.25, 0.3) is 5.91 Å². The number of hydrogen-bond donors (Lipinski definition) is 1. The minimum Gasteiger partial charge on any atom is -0.495 e. The fraction of sp³-hybridized carbons (Fsp3) is 0.0769. The van der Waals surface area contributed by atoms with Gasteiger partial charge in [0.1, 0.15) is 5.75 Å². The van der Waals surface area contributed by atoms with Crippen LogP contribution >= 0.6 is 43.2 Å². The zero-order valence-electron chi connectivity index (χ0n) is 10.2.